The van der Waals surface area contributed by atoms with Crippen molar-refractivity contribution in [2.75, 3.05) is 0 Å². The molecule has 0 heterocycles. The third-order valence-corrected chi connectivity index (χ3v) is 4.81. The quantitative estimate of drug-likeness (QED) is 0.517. The third kappa shape index (κ3) is 2.76. The van der Waals surface area contributed by atoms with E-state index in [1.807, 2.05) is 0 Å². The lowest BCUT2D eigenvalue weighted by molar-refractivity contribution is 0.473. The average molecular weight is 502 g/mol. The highest BCUT2D eigenvalue weighted by Crippen LogP contribution is 2.45. The van der Waals surface area contributed by atoms with Crippen molar-refractivity contribution in [2.24, 2.45) is 0 Å². The van der Waals surface area contributed by atoms with Gasteiger partial charge in [0, 0.05) is 29.0 Å². The zero-order chi connectivity index (χ0) is 13.4. The van der Waals surface area contributed by atoms with Gasteiger partial charge in [-0.05, 0) is 88.0 Å². The van der Waals surface area contributed by atoms with Crippen molar-refractivity contribution in [1.29, 1.82) is 0 Å². The van der Waals surface area contributed by atoms with Gasteiger partial charge in [0.1, 0.15) is 11.5 Å². The molecule has 0 bridgehead atoms. The predicted octanol–water partition coefficient (Wildman–Crippen LogP) is 5.81. The summed E-state index contributed by atoms with van der Waals surface area (Å²) >= 11 is 13.7. The van der Waals surface area contributed by atoms with Crippen LogP contribution >= 0.6 is 63.7 Å². The molecule has 0 saturated heterocycles. The summed E-state index contributed by atoms with van der Waals surface area (Å²) in [4.78, 5) is 0. The fourth-order valence-corrected chi connectivity index (χ4v) is 4.71. The second-order valence-corrected chi connectivity index (χ2v) is 6.99. The zero-order valence-corrected chi connectivity index (χ0v) is 15.1. The third-order valence-electron chi connectivity index (χ3n) is 2.30. The van der Waals surface area contributed by atoms with E-state index in [4.69, 9.17) is 0 Å². The van der Waals surface area contributed by atoms with Crippen LogP contribution in [0.3, 0.4) is 0 Å². The number of hydrogen-bond acceptors (Lipinski definition) is 2. The first-order chi connectivity index (χ1) is 8.40. The van der Waals surface area contributed by atoms with Crippen LogP contribution in [0.15, 0.2) is 42.2 Å². The van der Waals surface area contributed by atoms with Crippen molar-refractivity contribution >= 4 is 63.7 Å². The van der Waals surface area contributed by atoms with Crippen molar-refractivity contribution in [3.05, 3.63) is 42.2 Å². The maximum absolute atomic E-state index is 9.52. The Morgan fingerprint density at radius 3 is 1.00 bits per heavy atom. The van der Waals surface area contributed by atoms with Gasteiger partial charge < -0.3 is 10.2 Å². The molecule has 0 aliphatic carbocycles. The number of halogens is 4. The molecule has 2 nitrogen and oxygen atoms in total. The number of phenolic OH excluding ortho intramolecular Hbond substituents is 2. The summed E-state index contributed by atoms with van der Waals surface area (Å²) in [6, 6.07) is 6.47. The summed E-state index contributed by atoms with van der Waals surface area (Å²) in [5.74, 6) is 0.340. The number of benzene rings is 2. The molecule has 2 aromatic rings. The van der Waals surface area contributed by atoms with E-state index in [9.17, 15) is 10.2 Å². The first-order valence-corrected chi connectivity index (χ1v) is 7.93. The zero-order valence-electron chi connectivity index (χ0n) is 8.72. The minimum Gasteiger partial charge on any atom is -0.508 e. The average Bonchev–Trinajstić information content (AvgIpc) is 2.20. The van der Waals surface area contributed by atoms with E-state index in [-0.39, 0.29) is 11.5 Å². The summed E-state index contributed by atoms with van der Waals surface area (Å²) in [5.41, 5.74) is 1.76. The maximum Gasteiger partial charge on any atom is 0.117 e. The highest BCUT2D eigenvalue weighted by molar-refractivity contribution is 9.11. The van der Waals surface area contributed by atoms with Crippen LogP contribution < -0.4 is 0 Å². The van der Waals surface area contributed by atoms with E-state index < -0.39 is 0 Å². The monoisotopic (exact) mass is 498 g/mol. The van der Waals surface area contributed by atoms with Gasteiger partial charge in [-0.2, -0.15) is 0 Å². The molecule has 0 fully saturated rings. The van der Waals surface area contributed by atoms with Crippen molar-refractivity contribution in [3.8, 4) is 22.6 Å². The van der Waals surface area contributed by atoms with Crippen molar-refractivity contribution in [1.82, 2.24) is 0 Å². The first kappa shape index (κ1) is 14.4. The Kier molecular flexibility index (Phi) is 4.41. The van der Waals surface area contributed by atoms with Crippen LogP contribution in [0.5, 0.6) is 11.5 Å². The summed E-state index contributed by atoms with van der Waals surface area (Å²) in [6.07, 6.45) is 0. The van der Waals surface area contributed by atoms with Crippen LogP contribution in [0, 0.1) is 0 Å². The highest BCUT2D eigenvalue weighted by Gasteiger charge is 2.16. The lowest BCUT2D eigenvalue weighted by Crippen LogP contribution is -1.86. The van der Waals surface area contributed by atoms with E-state index >= 15 is 0 Å². The second kappa shape index (κ2) is 5.53. The van der Waals surface area contributed by atoms with E-state index in [0.717, 1.165) is 29.0 Å². The minimum atomic E-state index is 0.170. The molecule has 2 aromatic carbocycles. The van der Waals surface area contributed by atoms with Crippen molar-refractivity contribution < 1.29 is 10.2 Å². The molecule has 0 aromatic heterocycles. The lowest BCUT2D eigenvalue weighted by atomic mass is 10.1. The van der Waals surface area contributed by atoms with Gasteiger partial charge in [-0.15, -0.1) is 0 Å². The normalized spacial score (nSPS) is 10.7. The molecule has 94 valence electrons. The van der Waals surface area contributed by atoms with Crippen LogP contribution in [0.4, 0.5) is 0 Å². The highest BCUT2D eigenvalue weighted by atomic mass is 79.9. The SMILES string of the molecule is Oc1cc(Br)c(-c2c(Br)cc(O)cc2Br)c(Br)c1. The van der Waals surface area contributed by atoms with Crippen LogP contribution in [0.25, 0.3) is 11.1 Å². The van der Waals surface area contributed by atoms with Gasteiger partial charge in [-0.3, -0.25) is 0 Å². The van der Waals surface area contributed by atoms with E-state index in [1.54, 1.807) is 24.3 Å². The molecule has 2 N–H and O–H groups in total. The number of rotatable bonds is 1. The molecule has 6 heteroatoms. The number of hydrogen-bond donors (Lipinski definition) is 2. The first-order valence-electron chi connectivity index (χ1n) is 4.76. The molecule has 0 saturated carbocycles. The summed E-state index contributed by atoms with van der Waals surface area (Å²) < 4.78 is 3.01. The summed E-state index contributed by atoms with van der Waals surface area (Å²) in [7, 11) is 0. The largest absolute Gasteiger partial charge is 0.508 e. The topological polar surface area (TPSA) is 40.5 Å². The fraction of sp³-hybridized carbons (Fsp3) is 0. The Hall–Kier alpha value is -0.0400. The Morgan fingerprint density at radius 1 is 0.556 bits per heavy atom. The van der Waals surface area contributed by atoms with E-state index in [0.29, 0.717) is 0 Å². The van der Waals surface area contributed by atoms with Crippen LogP contribution in [-0.4, -0.2) is 10.2 Å². The number of aromatic hydroxyl groups is 2. The molecule has 0 spiro atoms. The van der Waals surface area contributed by atoms with Crippen molar-refractivity contribution in [2.45, 2.75) is 0 Å². The molecule has 2 rings (SSSR count). The van der Waals surface area contributed by atoms with Gasteiger partial charge in [0.25, 0.3) is 0 Å². The molecule has 0 atom stereocenters. The maximum atomic E-state index is 9.52. The van der Waals surface area contributed by atoms with Crippen molar-refractivity contribution in [3.63, 3.8) is 0 Å². The smallest absolute Gasteiger partial charge is 0.117 e. The molecule has 0 aliphatic rings. The second-order valence-electron chi connectivity index (χ2n) is 3.57. The van der Waals surface area contributed by atoms with Crippen LogP contribution in [-0.2, 0) is 0 Å². The molecule has 0 radical (unpaired) electrons. The Labute approximate surface area is 138 Å². The van der Waals surface area contributed by atoms with Gasteiger partial charge in [-0.25, -0.2) is 0 Å². The summed E-state index contributed by atoms with van der Waals surface area (Å²) in [6.45, 7) is 0. The fourth-order valence-electron chi connectivity index (χ4n) is 1.60. The van der Waals surface area contributed by atoms with Gasteiger partial charge in [0.05, 0.1) is 0 Å². The molecule has 0 amide bonds. The molecule has 0 unspecified atom stereocenters. The summed E-state index contributed by atoms with van der Waals surface area (Å²) in [5, 5.41) is 19.0. The number of phenols is 2. The molecular weight excluding hydrogens is 496 g/mol. The molecule has 18 heavy (non-hydrogen) atoms. The molecular formula is C12H6Br4O2. The van der Waals surface area contributed by atoms with Crippen LogP contribution in [0.1, 0.15) is 0 Å². The standard InChI is InChI=1S/C12H6Br4O2/c13-7-1-5(17)2-8(14)11(7)12-9(15)3-6(18)4-10(12)16/h1-4,17-18H. The molecule has 0 aliphatic heterocycles. The van der Waals surface area contributed by atoms with Gasteiger partial charge >= 0.3 is 0 Å². The predicted molar refractivity (Wildman–Crippen MR) is 86.0 cm³/mol. The Morgan fingerprint density at radius 2 is 0.778 bits per heavy atom. The van der Waals surface area contributed by atoms with Crippen LogP contribution in [0.2, 0.25) is 0 Å². The Balaban J connectivity index is 2.78. The minimum absolute atomic E-state index is 0.170. The van der Waals surface area contributed by atoms with Gasteiger partial charge in [0.15, 0.2) is 0 Å². The lowest BCUT2D eigenvalue weighted by Gasteiger charge is -2.13. The van der Waals surface area contributed by atoms with Gasteiger partial charge in [0.2, 0.25) is 0 Å². The van der Waals surface area contributed by atoms with E-state index in [1.165, 1.54) is 0 Å². The van der Waals surface area contributed by atoms with Gasteiger partial charge in [-0.1, -0.05) is 0 Å². The van der Waals surface area contributed by atoms with E-state index in [2.05, 4.69) is 63.7 Å². The Bertz CT molecular complexity index is 524.